The highest BCUT2D eigenvalue weighted by Gasteiger charge is 2.19. The Labute approximate surface area is 86.1 Å². The molecule has 6 heteroatoms. The van der Waals surface area contributed by atoms with Gasteiger partial charge in [0, 0.05) is 19.7 Å². The number of rotatable bonds is 7. The summed E-state index contributed by atoms with van der Waals surface area (Å²) in [6.07, 6.45) is 0.571. The van der Waals surface area contributed by atoms with Crippen molar-refractivity contribution in [3.05, 3.63) is 0 Å². The Hall–Kier alpha value is -0.170. The minimum atomic E-state index is -3.36. The van der Waals surface area contributed by atoms with E-state index in [1.54, 1.807) is 6.92 Å². The summed E-state index contributed by atoms with van der Waals surface area (Å²) in [6.45, 7) is 6.28. The summed E-state index contributed by atoms with van der Waals surface area (Å²) in [6, 6.07) is 0. The van der Waals surface area contributed by atoms with Crippen LogP contribution in [0.5, 0.6) is 0 Å². The van der Waals surface area contributed by atoms with Crippen molar-refractivity contribution < 1.29 is 13.5 Å². The van der Waals surface area contributed by atoms with E-state index in [1.807, 2.05) is 13.8 Å². The van der Waals surface area contributed by atoms with Gasteiger partial charge >= 0.3 is 0 Å². The van der Waals surface area contributed by atoms with Gasteiger partial charge in [-0.3, -0.25) is 0 Å². The highest BCUT2D eigenvalue weighted by Crippen LogP contribution is 2.17. The van der Waals surface area contributed by atoms with E-state index in [4.69, 9.17) is 5.11 Å². The number of aliphatic hydroxyl groups is 1. The van der Waals surface area contributed by atoms with Crippen molar-refractivity contribution in [3.63, 3.8) is 0 Å². The first kappa shape index (κ1) is 13.8. The highest BCUT2D eigenvalue weighted by atomic mass is 32.2. The molecule has 0 fully saturated rings. The molecule has 0 radical (unpaired) electrons. The molecule has 0 bridgehead atoms. The maximum Gasteiger partial charge on any atom is 0.276 e. The molecule has 14 heavy (non-hydrogen) atoms. The van der Waals surface area contributed by atoms with Gasteiger partial charge in [-0.2, -0.15) is 8.42 Å². The number of aliphatic hydroxyl groups excluding tert-OH is 1. The lowest BCUT2D eigenvalue weighted by molar-refractivity contribution is 0.213. The second kappa shape index (κ2) is 5.65. The van der Waals surface area contributed by atoms with E-state index in [-0.39, 0.29) is 12.0 Å². The second-order valence-electron chi connectivity index (χ2n) is 3.96. The minimum Gasteiger partial charge on any atom is -0.396 e. The molecule has 0 saturated carbocycles. The van der Waals surface area contributed by atoms with Crippen LogP contribution in [-0.4, -0.2) is 33.2 Å². The summed E-state index contributed by atoms with van der Waals surface area (Å²) in [7, 11) is -3.36. The molecule has 0 amide bonds. The largest absolute Gasteiger partial charge is 0.396 e. The van der Waals surface area contributed by atoms with Crippen LogP contribution in [0.2, 0.25) is 0 Å². The third-order valence-corrected chi connectivity index (χ3v) is 3.06. The highest BCUT2D eigenvalue weighted by molar-refractivity contribution is 7.87. The smallest absolute Gasteiger partial charge is 0.276 e. The lowest BCUT2D eigenvalue weighted by atomic mass is 9.90. The maximum absolute atomic E-state index is 11.2. The van der Waals surface area contributed by atoms with Crippen molar-refractivity contribution in [2.75, 3.05) is 19.7 Å². The fraction of sp³-hybridized carbons (Fsp3) is 1.00. The summed E-state index contributed by atoms with van der Waals surface area (Å²) >= 11 is 0. The predicted molar refractivity (Wildman–Crippen MR) is 56.1 cm³/mol. The van der Waals surface area contributed by atoms with Crippen LogP contribution in [0.25, 0.3) is 0 Å². The van der Waals surface area contributed by atoms with Gasteiger partial charge in [-0.15, -0.1) is 0 Å². The molecule has 0 aliphatic carbocycles. The molecule has 0 aromatic heterocycles. The third kappa shape index (κ3) is 6.31. The van der Waals surface area contributed by atoms with Crippen molar-refractivity contribution in [1.29, 1.82) is 0 Å². The Bertz CT molecular complexity index is 249. The van der Waals surface area contributed by atoms with Crippen molar-refractivity contribution in [1.82, 2.24) is 9.44 Å². The van der Waals surface area contributed by atoms with Crippen LogP contribution >= 0.6 is 0 Å². The first-order valence-electron chi connectivity index (χ1n) is 4.68. The van der Waals surface area contributed by atoms with E-state index >= 15 is 0 Å². The van der Waals surface area contributed by atoms with Crippen molar-refractivity contribution in [3.8, 4) is 0 Å². The Morgan fingerprint density at radius 1 is 1.29 bits per heavy atom. The zero-order chi connectivity index (χ0) is 11.2. The molecule has 3 N–H and O–H groups in total. The molecule has 86 valence electrons. The quantitative estimate of drug-likeness (QED) is 0.562. The molecule has 0 aromatic carbocycles. The first-order chi connectivity index (χ1) is 6.33. The molecule has 0 spiro atoms. The van der Waals surface area contributed by atoms with E-state index in [1.165, 1.54) is 0 Å². The van der Waals surface area contributed by atoms with Crippen LogP contribution in [0.1, 0.15) is 27.2 Å². The summed E-state index contributed by atoms with van der Waals surface area (Å²) in [4.78, 5) is 0. The zero-order valence-corrected chi connectivity index (χ0v) is 9.82. The van der Waals surface area contributed by atoms with Crippen LogP contribution in [-0.2, 0) is 10.2 Å². The van der Waals surface area contributed by atoms with Gasteiger partial charge in [0.1, 0.15) is 0 Å². The van der Waals surface area contributed by atoms with Crippen molar-refractivity contribution >= 4 is 10.2 Å². The van der Waals surface area contributed by atoms with Gasteiger partial charge in [0.15, 0.2) is 0 Å². The molecule has 0 aliphatic rings. The van der Waals surface area contributed by atoms with E-state index in [0.717, 1.165) is 0 Å². The SMILES string of the molecule is CCNS(=O)(=O)NCC(C)(C)CCO. The molecule has 0 aromatic rings. The van der Waals surface area contributed by atoms with Crippen LogP contribution in [0, 0.1) is 5.41 Å². The van der Waals surface area contributed by atoms with Gasteiger partial charge in [-0.25, -0.2) is 9.44 Å². The normalized spacial score (nSPS) is 13.1. The summed E-state index contributed by atoms with van der Waals surface area (Å²) in [5.41, 5.74) is -0.225. The van der Waals surface area contributed by atoms with Crippen LogP contribution in [0.15, 0.2) is 0 Å². The molecular weight excluding hydrogens is 204 g/mol. The van der Waals surface area contributed by atoms with Gasteiger partial charge < -0.3 is 5.11 Å². The molecule has 0 unspecified atom stereocenters. The Morgan fingerprint density at radius 2 is 1.86 bits per heavy atom. The summed E-state index contributed by atoms with van der Waals surface area (Å²) < 4.78 is 27.2. The van der Waals surface area contributed by atoms with Crippen LogP contribution in [0.3, 0.4) is 0 Å². The lowest BCUT2D eigenvalue weighted by Gasteiger charge is -2.23. The maximum atomic E-state index is 11.2. The molecule has 5 nitrogen and oxygen atoms in total. The molecular formula is C8H20N2O3S. The van der Waals surface area contributed by atoms with Gasteiger partial charge in [0.05, 0.1) is 0 Å². The van der Waals surface area contributed by atoms with E-state index in [0.29, 0.717) is 19.5 Å². The topological polar surface area (TPSA) is 78.4 Å². The molecule has 0 rings (SSSR count). The molecule has 0 aliphatic heterocycles. The fourth-order valence-corrected chi connectivity index (χ4v) is 1.99. The number of nitrogens with one attached hydrogen (secondary N) is 2. The number of hydrogen-bond donors (Lipinski definition) is 3. The van der Waals surface area contributed by atoms with Gasteiger partial charge in [0.25, 0.3) is 10.2 Å². The molecule has 0 saturated heterocycles. The van der Waals surface area contributed by atoms with Crippen LogP contribution < -0.4 is 9.44 Å². The van der Waals surface area contributed by atoms with Crippen LogP contribution in [0.4, 0.5) is 0 Å². The predicted octanol–water partition coefficient (Wildman–Crippen LogP) is -0.161. The third-order valence-electron chi connectivity index (χ3n) is 1.86. The fourth-order valence-electron chi connectivity index (χ4n) is 0.922. The Kier molecular flexibility index (Phi) is 5.58. The minimum absolute atomic E-state index is 0.0654. The Balaban J connectivity index is 4.04. The monoisotopic (exact) mass is 224 g/mol. The van der Waals surface area contributed by atoms with Gasteiger partial charge in [0.2, 0.25) is 0 Å². The average molecular weight is 224 g/mol. The van der Waals surface area contributed by atoms with Gasteiger partial charge in [-0.1, -0.05) is 20.8 Å². The Morgan fingerprint density at radius 3 is 2.29 bits per heavy atom. The molecule has 0 atom stereocenters. The van der Waals surface area contributed by atoms with Crippen molar-refractivity contribution in [2.45, 2.75) is 27.2 Å². The zero-order valence-electron chi connectivity index (χ0n) is 9.00. The average Bonchev–Trinajstić information content (AvgIpc) is 2.01. The second-order valence-corrected chi connectivity index (χ2v) is 5.54. The standard InChI is InChI=1S/C8H20N2O3S/c1-4-9-14(12,13)10-7-8(2,3)5-6-11/h9-11H,4-7H2,1-3H3. The van der Waals surface area contributed by atoms with Gasteiger partial charge in [-0.05, 0) is 11.8 Å². The first-order valence-corrected chi connectivity index (χ1v) is 6.16. The summed E-state index contributed by atoms with van der Waals surface area (Å²) in [5, 5.41) is 8.74. The van der Waals surface area contributed by atoms with Crippen molar-refractivity contribution in [2.24, 2.45) is 5.41 Å². The van der Waals surface area contributed by atoms with E-state index in [2.05, 4.69) is 9.44 Å². The molecule has 0 heterocycles. The van der Waals surface area contributed by atoms with E-state index in [9.17, 15) is 8.42 Å². The summed E-state index contributed by atoms with van der Waals surface area (Å²) in [5.74, 6) is 0. The van der Waals surface area contributed by atoms with E-state index < -0.39 is 10.2 Å². The number of hydrogen-bond acceptors (Lipinski definition) is 3. The lowest BCUT2D eigenvalue weighted by Crippen LogP contribution is -2.41.